The van der Waals surface area contributed by atoms with Crippen molar-refractivity contribution in [3.8, 4) is 17.1 Å². The van der Waals surface area contributed by atoms with Crippen molar-refractivity contribution in [2.24, 2.45) is 5.92 Å². The number of carboxylic acid groups (broad SMARTS) is 1. The Hall–Kier alpha value is -3.24. The second-order valence-corrected chi connectivity index (χ2v) is 9.24. The number of ether oxygens (including phenoxy) is 1. The highest BCUT2D eigenvalue weighted by Crippen LogP contribution is 2.25. The quantitative estimate of drug-likeness (QED) is 0.576. The van der Waals surface area contributed by atoms with Crippen LogP contribution in [0.2, 0.25) is 0 Å². The number of H-pyrrole nitrogens is 1. The number of piperidine rings is 1. The van der Waals surface area contributed by atoms with Crippen molar-refractivity contribution in [1.82, 2.24) is 19.5 Å². The Morgan fingerprint density at radius 2 is 2.00 bits per heavy atom. The molecule has 1 aliphatic rings. The largest absolute Gasteiger partial charge is 0.487 e. The molecule has 31 heavy (non-hydrogen) atoms. The van der Waals surface area contributed by atoms with E-state index >= 15 is 0 Å². The maximum Gasteiger partial charge on any atom is 0.306 e. The first-order valence-corrected chi connectivity index (χ1v) is 11.3. The van der Waals surface area contributed by atoms with E-state index in [1.165, 1.54) is 4.31 Å². The van der Waals surface area contributed by atoms with Crippen LogP contribution in [0.5, 0.6) is 5.75 Å². The molecular weight excluding hydrogens is 420 g/mol. The van der Waals surface area contributed by atoms with E-state index in [0.717, 1.165) is 11.4 Å². The molecule has 0 amide bonds. The van der Waals surface area contributed by atoms with Gasteiger partial charge in [-0.1, -0.05) is 12.1 Å². The van der Waals surface area contributed by atoms with Gasteiger partial charge in [-0.05, 0) is 48.7 Å². The molecule has 4 rings (SSSR count). The first kappa shape index (κ1) is 21.0. The van der Waals surface area contributed by atoms with Gasteiger partial charge in [0.25, 0.3) is 0 Å². The van der Waals surface area contributed by atoms with Gasteiger partial charge in [-0.15, -0.1) is 0 Å². The van der Waals surface area contributed by atoms with E-state index in [1.807, 2.05) is 12.1 Å². The predicted octanol–water partition coefficient (Wildman–Crippen LogP) is 2.54. The number of hydrogen-bond donors (Lipinski definition) is 2. The number of benzene rings is 1. The molecule has 0 atom stereocenters. The number of nitrogens with zero attached hydrogens (tertiary/aromatic N) is 3. The van der Waals surface area contributed by atoms with E-state index in [1.54, 1.807) is 42.7 Å². The Bertz CT molecular complexity index is 1140. The lowest BCUT2D eigenvalue weighted by Crippen LogP contribution is -2.40. The molecule has 0 saturated carbocycles. The molecule has 0 radical (unpaired) electrons. The number of sulfonamides is 1. The minimum Gasteiger partial charge on any atom is -0.487 e. The monoisotopic (exact) mass is 442 g/mol. The number of carbonyl (C=O) groups is 1. The average molecular weight is 442 g/mol. The minimum atomic E-state index is -3.68. The van der Waals surface area contributed by atoms with Gasteiger partial charge in [0.2, 0.25) is 10.0 Å². The van der Waals surface area contributed by atoms with Gasteiger partial charge in [0, 0.05) is 19.3 Å². The lowest BCUT2D eigenvalue weighted by molar-refractivity contribution is -0.142. The molecule has 0 bridgehead atoms. The van der Waals surface area contributed by atoms with Crippen LogP contribution in [-0.2, 0) is 21.4 Å². The summed E-state index contributed by atoms with van der Waals surface area (Å²) in [6.07, 6.45) is 3.89. The van der Waals surface area contributed by atoms with Gasteiger partial charge in [-0.3, -0.25) is 14.9 Å². The molecule has 162 valence electrons. The Morgan fingerprint density at radius 3 is 2.65 bits per heavy atom. The molecule has 0 spiro atoms. The minimum absolute atomic E-state index is 0.176. The third kappa shape index (κ3) is 4.75. The molecule has 2 N–H and O–H groups in total. The highest BCUT2D eigenvalue weighted by atomic mass is 32.2. The summed E-state index contributed by atoms with van der Waals surface area (Å²) < 4.78 is 33.0. The molecule has 1 aliphatic heterocycles. The summed E-state index contributed by atoms with van der Waals surface area (Å²) >= 11 is 0. The Labute approximate surface area is 179 Å². The predicted molar refractivity (Wildman–Crippen MR) is 112 cm³/mol. The van der Waals surface area contributed by atoms with Gasteiger partial charge in [0.05, 0.1) is 28.4 Å². The van der Waals surface area contributed by atoms with E-state index in [0.29, 0.717) is 24.2 Å². The second kappa shape index (κ2) is 8.86. The summed E-state index contributed by atoms with van der Waals surface area (Å²) in [4.78, 5) is 15.6. The highest BCUT2D eigenvalue weighted by Gasteiger charge is 2.32. The molecule has 0 aliphatic carbocycles. The van der Waals surface area contributed by atoms with Crippen LogP contribution in [0.25, 0.3) is 11.4 Å². The SMILES string of the molecule is O=C(O)C1CCN(S(=O)(=O)c2cccc(COc3ccc(-c4ccn[nH]4)nc3)c2)CC1. The van der Waals surface area contributed by atoms with E-state index in [4.69, 9.17) is 9.84 Å². The van der Waals surface area contributed by atoms with E-state index in [9.17, 15) is 13.2 Å². The molecule has 3 heterocycles. The molecule has 2 aromatic heterocycles. The van der Waals surface area contributed by atoms with Crippen LogP contribution < -0.4 is 4.74 Å². The number of nitrogens with one attached hydrogen (secondary N) is 1. The lowest BCUT2D eigenvalue weighted by atomic mass is 9.99. The molecule has 0 unspecified atom stereocenters. The van der Waals surface area contributed by atoms with Gasteiger partial charge in [-0.2, -0.15) is 9.40 Å². The van der Waals surface area contributed by atoms with Crippen molar-refractivity contribution in [2.75, 3.05) is 13.1 Å². The van der Waals surface area contributed by atoms with Crippen molar-refractivity contribution in [3.63, 3.8) is 0 Å². The van der Waals surface area contributed by atoms with Crippen LogP contribution in [0.15, 0.2) is 59.8 Å². The fourth-order valence-corrected chi connectivity index (χ4v) is 5.02. The van der Waals surface area contributed by atoms with Crippen molar-refractivity contribution >= 4 is 16.0 Å². The summed E-state index contributed by atoms with van der Waals surface area (Å²) in [6.45, 7) is 0.596. The Morgan fingerprint density at radius 1 is 1.19 bits per heavy atom. The van der Waals surface area contributed by atoms with Crippen LogP contribution in [0.3, 0.4) is 0 Å². The molecule has 1 fully saturated rings. The fourth-order valence-electron chi connectivity index (χ4n) is 3.48. The Kier molecular flexibility index (Phi) is 6.01. The highest BCUT2D eigenvalue weighted by molar-refractivity contribution is 7.89. The fraction of sp³-hybridized carbons (Fsp3) is 0.286. The zero-order chi connectivity index (χ0) is 21.8. The van der Waals surface area contributed by atoms with Crippen LogP contribution >= 0.6 is 0 Å². The number of aliphatic carboxylic acids is 1. The van der Waals surface area contributed by atoms with Crippen molar-refractivity contribution in [2.45, 2.75) is 24.3 Å². The summed E-state index contributed by atoms with van der Waals surface area (Å²) in [5.41, 5.74) is 2.25. The standard InChI is InChI=1S/C21H22N4O5S/c26-21(27)16-7-10-25(11-8-16)31(28,29)18-3-1-2-15(12-18)14-30-17-4-5-19(22-13-17)20-6-9-23-24-20/h1-6,9,12-13,16H,7-8,10-11,14H2,(H,23,24)(H,26,27). The van der Waals surface area contributed by atoms with Crippen LogP contribution in [0.1, 0.15) is 18.4 Å². The number of aromatic amines is 1. The topological polar surface area (TPSA) is 125 Å². The smallest absolute Gasteiger partial charge is 0.306 e. The maximum atomic E-state index is 13.0. The van der Waals surface area contributed by atoms with E-state index in [2.05, 4.69) is 15.2 Å². The van der Waals surface area contributed by atoms with E-state index < -0.39 is 21.9 Å². The molecule has 1 saturated heterocycles. The summed E-state index contributed by atoms with van der Waals surface area (Å²) in [5, 5.41) is 15.8. The normalized spacial score (nSPS) is 15.6. The van der Waals surface area contributed by atoms with Gasteiger partial charge < -0.3 is 9.84 Å². The Balaban J connectivity index is 1.40. The van der Waals surface area contributed by atoms with Gasteiger partial charge in [0.15, 0.2) is 0 Å². The molecular formula is C21H22N4O5S. The first-order chi connectivity index (χ1) is 14.9. The number of rotatable bonds is 7. The second-order valence-electron chi connectivity index (χ2n) is 7.30. The van der Waals surface area contributed by atoms with Crippen LogP contribution in [0, 0.1) is 5.92 Å². The third-order valence-corrected chi connectivity index (χ3v) is 7.15. The molecule has 10 heteroatoms. The first-order valence-electron chi connectivity index (χ1n) is 9.84. The third-order valence-electron chi connectivity index (χ3n) is 5.26. The summed E-state index contributed by atoms with van der Waals surface area (Å²) in [5.74, 6) is -0.796. The molecule has 3 aromatic rings. The summed E-state index contributed by atoms with van der Waals surface area (Å²) in [6, 6.07) is 12.0. The average Bonchev–Trinajstić information content (AvgIpc) is 3.33. The number of aromatic nitrogens is 3. The van der Waals surface area contributed by atoms with Gasteiger partial charge in [-0.25, -0.2) is 8.42 Å². The summed E-state index contributed by atoms with van der Waals surface area (Å²) in [7, 11) is -3.68. The van der Waals surface area contributed by atoms with Crippen molar-refractivity contribution in [3.05, 3.63) is 60.4 Å². The molecule has 9 nitrogen and oxygen atoms in total. The van der Waals surface area contributed by atoms with E-state index in [-0.39, 0.29) is 24.6 Å². The molecule has 1 aromatic carbocycles. The lowest BCUT2D eigenvalue weighted by Gasteiger charge is -2.29. The van der Waals surface area contributed by atoms with Crippen LogP contribution in [0.4, 0.5) is 0 Å². The zero-order valence-electron chi connectivity index (χ0n) is 16.6. The van der Waals surface area contributed by atoms with Gasteiger partial charge >= 0.3 is 5.97 Å². The number of pyridine rings is 1. The van der Waals surface area contributed by atoms with Crippen LogP contribution in [-0.4, -0.2) is 52.1 Å². The van der Waals surface area contributed by atoms with Gasteiger partial charge in [0.1, 0.15) is 12.4 Å². The zero-order valence-corrected chi connectivity index (χ0v) is 17.5. The maximum absolute atomic E-state index is 13.0. The number of carboxylic acids is 1. The number of hydrogen-bond acceptors (Lipinski definition) is 6. The van der Waals surface area contributed by atoms with Crippen molar-refractivity contribution < 1.29 is 23.1 Å². The van der Waals surface area contributed by atoms with Crippen molar-refractivity contribution in [1.29, 1.82) is 0 Å².